The van der Waals surface area contributed by atoms with Crippen molar-refractivity contribution < 1.29 is 23.8 Å². The number of β-amino-alcohol motifs (C(OH)–C–C–N with tert-alkyl or cyclic N) is 1. The third-order valence-electron chi connectivity index (χ3n) is 2.97. The monoisotopic (exact) mass is 297 g/mol. The van der Waals surface area contributed by atoms with Gasteiger partial charge in [-0.1, -0.05) is 6.07 Å². The van der Waals surface area contributed by atoms with Gasteiger partial charge in [-0.2, -0.15) is 0 Å². The number of carbonyl (C=O) groups excluding carboxylic acids is 1. The molecule has 1 heterocycles. The zero-order valence-electron chi connectivity index (χ0n) is 12.4. The zero-order chi connectivity index (χ0) is 15.6. The highest BCUT2D eigenvalue weighted by Crippen LogP contribution is 2.21. The first-order chi connectivity index (χ1) is 9.74. The van der Waals surface area contributed by atoms with E-state index in [1.54, 1.807) is 26.8 Å². The summed E-state index contributed by atoms with van der Waals surface area (Å²) < 4.78 is 23.9. The van der Waals surface area contributed by atoms with Crippen LogP contribution >= 0.6 is 0 Å². The zero-order valence-corrected chi connectivity index (χ0v) is 12.4. The molecule has 5 nitrogen and oxygen atoms in total. The van der Waals surface area contributed by atoms with Gasteiger partial charge in [-0.15, -0.1) is 0 Å². The first-order valence-corrected chi connectivity index (χ1v) is 6.83. The molecule has 1 fully saturated rings. The average molecular weight is 297 g/mol. The van der Waals surface area contributed by atoms with E-state index in [2.05, 4.69) is 0 Å². The van der Waals surface area contributed by atoms with Gasteiger partial charge in [0, 0.05) is 6.07 Å². The van der Waals surface area contributed by atoms with E-state index in [9.17, 15) is 14.3 Å². The second-order valence-corrected chi connectivity index (χ2v) is 6.07. The summed E-state index contributed by atoms with van der Waals surface area (Å²) in [5, 5.41) is 9.97. The van der Waals surface area contributed by atoms with Crippen molar-refractivity contribution in [1.82, 2.24) is 4.90 Å². The minimum Gasteiger partial charge on any atom is -0.486 e. The predicted octanol–water partition coefficient (Wildman–Crippen LogP) is 2.18. The van der Waals surface area contributed by atoms with Gasteiger partial charge < -0.3 is 19.5 Å². The number of benzene rings is 1. The maximum atomic E-state index is 13.1. The van der Waals surface area contributed by atoms with E-state index in [0.717, 1.165) is 0 Å². The van der Waals surface area contributed by atoms with Crippen LogP contribution in [0.5, 0.6) is 5.75 Å². The van der Waals surface area contributed by atoms with Gasteiger partial charge in [0.15, 0.2) is 0 Å². The molecule has 6 heteroatoms. The van der Waals surface area contributed by atoms with Gasteiger partial charge in [0.2, 0.25) is 0 Å². The lowest BCUT2D eigenvalue weighted by molar-refractivity contribution is 0.0268. The van der Waals surface area contributed by atoms with Crippen molar-refractivity contribution in [2.24, 2.45) is 0 Å². The molecular formula is C15H20FNO4. The highest BCUT2D eigenvalue weighted by atomic mass is 19.1. The number of rotatable bonds is 2. The molecule has 0 bridgehead atoms. The van der Waals surface area contributed by atoms with Crippen LogP contribution in [0.2, 0.25) is 0 Å². The Labute approximate surface area is 123 Å². The van der Waals surface area contributed by atoms with Crippen LogP contribution in [0.15, 0.2) is 24.3 Å². The van der Waals surface area contributed by atoms with Crippen molar-refractivity contribution in [1.29, 1.82) is 0 Å². The Bertz CT molecular complexity index is 515. The minimum atomic E-state index is -0.833. The fourth-order valence-corrected chi connectivity index (χ4v) is 2.06. The standard InChI is InChI=1S/C15H20FNO4/c1-15(2,3)21-14(19)17-8-12(18)13(9-17)20-11-6-4-5-10(16)7-11/h4-7,12-13,18H,8-9H2,1-3H3/t12-,13-/m0/s1. The van der Waals surface area contributed by atoms with E-state index in [1.807, 2.05) is 0 Å². The summed E-state index contributed by atoms with van der Waals surface area (Å²) in [6, 6.07) is 5.68. The number of aliphatic hydroxyl groups is 1. The molecule has 116 valence electrons. The van der Waals surface area contributed by atoms with Gasteiger partial charge in [-0.05, 0) is 32.9 Å². The lowest BCUT2D eigenvalue weighted by atomic mass is 10.2. The fraction of sp³-hybridized carbons (Fsp3) is 0.533. The van der Waals surface area contributed by atoms with E-state index >= 15 is 0 Å². The first-order valence-electron chi connectivity index (χ1n) is 6.83. The molecule has 0 unspecified atom stereocenters. The molecule has 0 aromatic heterocycles. The van der Waals surface area contributed by atoms with E-state index in [1.165, 1.54) is 23.1 Å². The number of nitrogens with zero attached hydrogens (tertiary/aromatic N) is 1. The van der Waals surface area contributed by atoms with Crippen molar-refractivity contribution in [3.05, 3.63) is 30.1 Å². The van der Waals surface area contributed by atoms with Crippen molar-refractivity contribution in [2.45, 2.75) is 38.6 Å². The minimum absolute atomic E-state index is 0.134. The van der Waals surface area contributed by atoms with E-state index in [0.29, 0.717) is 5.75 Å². The SMILES string of the molecule is CC(C)(C)OC(=O)N1C[C@H](Oc2cccc(F)c2)[C@@H](O)C1. The molecule has 1 amide bonds. The van der Waals surface area contributed by atoms with Crippen LogP contribution in [0.3, 0.4) is 0 Å². The summed E-state index contributed by atoms with van der Waals surface area (Å²) in [6.07, 6.45) is -1.92. The summed E-state index contributed by atoms with van der Waals surface area (Å²) in [4.78, 5) is 13.3. The van der Waals surface area contributed by atoms with E-state index in [-0.39, 0.29) is 13.1 Å². The summed E-state index contributed by atoms with van der Waals surface area (Å²) in [7, 11) is 0. The number of amides is 1. The number of likely N-dealkylation sites (tertiary alicyclic amines) is 1. The van der Waals surface area contributed by atoms with Crippen molar-refractivity contribution in [3.8, 4) is 5.75 Å². The molecule has 1 N–H and O–H groups in total. The van der Waals surface area contributed by atoms with Crippen LogP contribution in [-0.2, 0) is 4.74 Å². The van der Waals surface area contributed by atoms with Gasteiger partial charge in [0.05, 0.1) is 13.1 Å². The molecule has 2 rings (SSSR count). The molecule has 1 saturated heterocycles. The van der Waals surface area contributed by atoms with Crippen molar-refractivity contribution in [2.75, 3.05) is 13.1 Å². The second kappa shape index (κ2) is 5.89. The van der Waals surface area contributed by atoms with E-state index in [4.69, 9.17) is 9.47 Å². The van der Waals surface area contributed by atoms with Gasteiger partial charge >= 0.3 is 6.09 Å². The summed E-state index contributed by atoms with van der Waals surface area (Å²) in [6.45, 7) is 5.66. The molecular weight excluding hydrogens is 277 g/mol. The molecule has 0 saturated carbocycles. The molecule has 0 aliphatic carbocycles. The molecule has 21 heavy (non-hydrogen) atoms. The van der Waals surface area contributed by atoms with Crippen molar-refractivity contribution in [3.63, 3.8) is 0 Å². The van der Waals surface area contributed by atoms with Crippen LogP contribution in [0.1, 0.15) is 20.8 Å². The second-order valence-electron chi connectivity index (χ2n) is 6.07. The smallest absolute Gasteiger partial charge is 0.410 e. The Balaban J connectivity index is 1.96. The Morgan fingerprint density at radius 3 is 2.71 bits per heavy atom. The lowest BCUT2D eigenvalue weighted by Crippen LogP contribution is -2.36. The topological polar surface area (TPSA) is 59.0 Å². The quantitative estimate of drug-likeness (QED) is 0.909. The molecule has 1 aromatic carbocycles. The van der Waals surface area contributed by atoms with Crippen LogP contribution in [0.25, 0.3) is 0 Å². The normalized spacial score (nSPS) is 22.2. The predicted molar refractivity (Wildman–Crippen MR) is 74.6 cm³/mol. The molecule has 1 aliphatic rings. The summed E-state index contributed by atoms with van der Waals surface area (Å²) in [5.74, 6) is -0.0888. The Morgan fingerprint density at radius 1 is 1.38 bits per heavy atom. The molecule has 0 spiro atoms. The Morgan fingerprint density at radius 2 is 2.10 bits per heavy atom. The lowest BCUT2D eigenvalue weighted by Gasteiger charge is -2.24. The van der Waals surface area contributed by atoms with Crippen LogP contribution < -0.4 is 4.74 Å². The number of hydrogen-bond acceptors (Lipinski definition) is 4. The summed E-state index contributed by atoms with van der Waals surface area (Å²) >= 11 is 0. The Kier molecular flexibility index (Phi) is 4.37. The van der Waals surface area contributed by atoms with Crippen LogP contribution in [-0.4, -0.2) is 47.0 Å². The first kappa shape index (κ1) is 15.6. The number of hydrogen-bond donors (Lipinski definition) is 1. The Hall–Kier alpha value is -1.82. The van der Waals surface area contributed by atoms with Gasteiger partial charge in [-0.3, -0.25) is 0 Å². The number of halogens is 1. The highest BCUT2D eigenvalue weighted by Gasteiger charge is 2.37. The third-order valence-corrected chi connectivity index (χ3v) is 2.97. The molecule has 2 atom stereocenters. The molecule has 1 aromatic rings. The van der Waals surface area contributed by atoms with E-state index < -0.39 is 29.7 Å². The molecule has 1 aliphatic heterocycles. The highest BCUT2D eigenvalue weighted by molar-refractivity contribution is 5.68. The summed E-state index contributed by atoms with van der Waals surface area (Å²) in [5.41, 5.74) is -0.594. The number of aliphatic hydroxyl groups excluding tert-OH is 1. The van der Waals surface area contributed by atoms with Crippen LogP contribution in [0.4, 0.5) is 9.18 Å². The average Bonchev–Trinajstić information content (AvgIpc) is 2.69. The van der Waals surface area contributed by atoms with Gasteiger partial charge in [0.1, 0.15) is 29.4 Å². The van der Waals surface area contributed by atoms with Crippen LogP contribution in [0, 0.1) is 5.82 Å². The maximum absolute atomic E-state index is 13.1. The number of ether oxygens (including phenoxy) is 2. The number of carbonyl (C=O) groups is 1. The maximum Gasteiger partial charge on any atom is 0.410 e. The van der Waals surface area contributed by atoms with Gasteiger partial charge in [0.25, 0.3) is 0 Å². The van der Waals surface area contributed by atoms with Gasteiger partial charge in [-0.25, -0.2) is 9.18 Å². The van der Waals surface area contributed by atoms with Crippen molar-refractivity contribution >= 4 is 6.09 Å². The molecule has 0 radical (unpaired) electrons. The largest absolute Gasteiger partial charge is 0.486 e. The fourth-order valence-electron chi connectivity index (χ4n) is 2.06. The third kappa shape index (κ3) is 4.32.